The van der Waals surface area contributed by atoms with Crippen molar-refractivity contribution in [2.24, 2.45) is 0 Å². The highest BCUT2D eigenvalue weighted by Gasteiger charge is 2.29. The van der Waals surface area contributed by atoms with Crippen LogP contribution in [0.1, 0.15) is 11.1 Å². The van der Waals surface area contributed by atoms with E-state index in [1.807, 2.05) is 0 Å². The van der Waals surface area contributed by atoms with E-state index in [9.17, 15) is 21.6 Å². The van der Waals surface area contributed by atoms with Crippen molar-refractivity contribution < 1.29 is 26.3 Å². The lowest BCUT2D eigenvalue weighted by Crippen LogP contribution is -2.30. The monoisotopic (exact) mass is 311 g/mol. The van der Waals surface area contributed by atoms with Crippen LogP contribution in [0.25, 0.3) is 0 Å². The van der Waals surface area contributed by atoms with Crippen molar-refractivity contribution in [3.8, 4) is 0 Å². The van der Waals surface area contributed by atoms with Crippen LogP contribution >= 0.6 is 0 Å². The van der Waals surface area contributed by atoms with E-state index in [0.717, 1.165) is 12.1 Å². The number of hydrogen-bond acceptors (Lipinski definition) is 3. The summed E-state index contributed by atoms with van der Waals surface area (Å²) in [5.41, 5.74) is -0.0885. The van der Waals surface area contributed by atoms with Crippen LogP contribution in [0.2, 0.25) is 0 Å². The van der Waals surface area contributed by atoms with Crippen LogP contribution in [-0.2, 0) is 27.4 Å². The Bertz CT molecular complexity index is 512. The van der Waals surface area contributed by atoms with Gasteiger partial charge >= 0.3 is 6.18 Å². The Morgan fingerprint density at radius 1 is 1.20 bits per heavy atom. The lowest BCUT2D eigenvalue weighted by atomic mass is 10.1. The molecule has 20 heavy (non-hydrogen) atoms. The van der Waals surface area contributed by atoms with Gasteiger partial charge in [0.2, 0.25) is 10.0 Å². The Hall–Kier alpha value is -1.12. The fourth-order valence-electron chi connectivity index (χ4n) is 1.48. The summed E-state index contributed by atoms with van der Waals surface area (Å²) in [7, 11) is -2.00. The fraction of sp³-hybridized carbons (Fsp3) is 0.500. The molecular weight excluding hydrogens is 295 g/mol. The Kier molecular flexibility index (Phi) is 5.97. The largest absolute Gasteiger partial charge is 0.416 e. The highest BCUT2D eigenvalue weighted by Crippen LogP contribution is 2.29. The minimum atomic E-state index is -4.36. The summed E-state index contributed by atoms with van der Waals surface area (Å²) in [5.74, 6) is -0.142. The normalized spacial score (nSPS) is 12.6. The van der Waals surface area contributed by atoms with E-state index in [-0.39, 0.29) is 18.9 Å². The van der Waals surface area contributed by atoms with Gasteiger partial charge in [0.05, 0.1) is 17.9 Å². The molecule has 8 heteroatoms. The van der Waals surface area contributed by atoms with Gasteiger partial charge in [0.25, 0.3) is 0 Å². The first-order valence-corrected chi connectivity index (χ1v) is 7.52. The van der Waals surface area contributed by atoms with Gasteiger partial charge in [-0.1, -0.05) is 12.1 Å². The first-order valence-electron chi connectivity index (χ1n) is 5.87. The van der Waals surface area contributed by atoms with E-state index in [1.54, 1.807) is 0 Å². The molecule has 114 valence electrons. The first kappa shape index (κ1) is 16.9. The van der Waals surface area contributed by atoms with Gasteiger partial charge in [-0.25, -0.2) is 13.1 Å². The number of hydrogen-bond donors (Lipinski definition) is 1. The molecule has 4 nitrogen and oxygen atoms in total. The van der Waals surface area contributed by atoms with E-state index in [1.165, 1.54) is 19.2 Å². The van der Waals surface area contributed by atoms with Crippen LogP contribution < -0.4 is 4.72 Å². The van der Waals surface area contributed by atoms with Crippen LogP contribution in [0.5, 0.6) is 0 Å². The predicted molar refractivity (Wildman–Crippen MR) is 68.8 cm³/mol. The Morgan fingerprint density at radius 2 is 1.80 bits per heavy atom. The van der Waals surface area contributed by atoms with E-state index in [0.29, 0.717) is 12.0 Å². The number of rotatable bonds is 7. The van der Waals surface area contributed by atoms with E-state index >= 15 is 0 Å². The molecule has 0 unspecified atom stereocenters. The second-order valence-electron chi connectivity index (χ2n) is 4.15. The van der Waals surface area contributed by atoms with Crippen molar-refractivity contribution in [1.29, 1.82) is 0 Å². The van der Waals surface area contributed by atoms with Gasteiger partial charge in [-0.05, 0) is 24.1 Å². The van der Waals surface area contributed by atoms with Crippen LogP contribution in [0.15, 0.2) is 24.3 Å². The van der Waals surface area contributed by atoms with E-state index in [2.05, 4.69) is 9.46 Å². The maximum absolute atomic E-state index is 12.3. The average molecular weight is 311 g/mol. The quantitative estimate of drug-likeness (QED) is 0.835. The van der Waals surface area contributed by atoms with Gasteiger partial charge in [-0.2, -0.15) is 13.2 Å². The SMILES string of the molecule is COCCS(=O)(=O)NCCc1ccc(C(F)(F)F)cc1. The minimum absolute atomic E-state index is 0.0929. The molecule has 1 aromatic carbocycles. The number of nitrogens with one attached hydrogen (secondary N) is 1. The van der Waals surface area contributed by atoms with Gasteiger partial charge in [0.15, 0.2) is 0 Å². The number of alkyl halides is 3. The standard InChI is InChI=1S/C12H16F3NO3S/c1-19-8-9-20(17,18)16-7-6-10-2-4-11(5-3-10)12(13,14)15/h2-5,16H,6-9H2,1H3. The molecule has 1 rings (SSSR count). The topological polar surface area (TPSA) is 55.4 Å². The molecule has 0 radical (unpaired) electrons. The maximum Gasteiger partial charge on any atom is 0.416 e. The number of ether oxygens (including phenoxy) is 1. The minimum Gasteiger partial charge on any atom is -0.384 e. The molecule has 0 aliphatic carbocycles. The predicted octanol–water partition coefficient (Wildman–Crippen LogP) is 1.81. The van der Waals surface area contributed by atoms with Crippen LogP contribution in [0, 0.1) is 0 Å². The molecular formula is C12H16F3NO3S. The number of methoxy groups -OCH3 is 1. The molecule has 0 spiro atoms. The van der Waals surface area contributed by atoms with Crippen molar-refractivity contribution in [3.63, 3.8) is 0 Å². The molecule has 0 bridgehead atoms. The van der Waals surface area contributed by atoms with Crippen LogP contribution in [0.4, 0.5) is 13.2 Å². The molecule has 1 aromatic rings. The number of halogens is 3. The van der Waals surface area contributed by atoms with Crippen molar-refractivity contribution in [2.45, 2.75) is 12.6 Å². The third-order valence-electron chi connectivity index (χ3n) is 2.57. The van der Waals surface area contributed by atoms with Gasteiger partial charge in [-0.15, -0.1) is 0 Å². The molecule has 0 amide bonds. The molecule has 0 aromatic heterocycles. The van der Waals surface area contributed by atoms with Gasteiger partial charge in [-0.3, -0.25) is 0 Å². The third-order valence-corrected chi connectivity index (χ3v) is 3.92. The molecule has 0 aliphatic heterocycles. The molecule has 0 heterocycles. The zero-order valence-corrected chi connectivity index (χ0v) is 11.7. The van der Waals surface area contributed by atoms with Crippen LogP contribution in [0.3, 0.4) is 0 Å². The first-order chi connectivity index (χ1) is 9.24. The molecule has 0 atom stereocenters. The summed E-state index contributed by atoms with van der Waals surface area (Å²) in [6, 6.07) is 4.64. The molecule has 0 saturated heterocycles. The summed E-state index contributed by atoms with van der Waals surface area (Å²) < 4.78 is 66.9. The van der Waals surface area contributed by atoms with Crippen molar-refractivity contribution in [2.75, 3.05) is 26.0 Å². The number of benzene rings is 1. The summed E-state index contributed by atoms with van der Waals surface area (Å²) >= 11 is 0. The smallest absolute Gasteiger partial charge is 0.384 e. The van der Waals surface area contributed by atoms with E-state index in [4.69, 9.17) is 0 Å². The second-order valence-corrected chi connectivity index (χ2v) is 6.08. The van der Waals surface area contributed by atoms with Crippen LogP contribution in [-0.4, -0.2) is 34.4 Å². The molecule has 0 fully saturated rings. The highest BCUT2D eigenvalue weighted by atomic mass is 32.2. The van der Waals surface area contributed by atoms with Gasteiger partial charge in [0, 0.05) is 13.7 Å². The summed E-state index contributed by atoms with van der Waals surface area (Å²) in [6.45, 7) is 0.229. The Morgan fingerprint density at radius 3 is 2.30 bits per heavy atom. The zero-order chi connectivity index (χ0) is 15.2. The van der Waals surface area contributed by atoms with Crippen molar-refractivity contribution in [3.05, 3.63) is 35.4 Å². The average Bonchev–Trinajstić information content (AvgIpc) is 2.36. The maximum atomic E-state index is 12.3. The fourth-order valence-corrected chi connectivity index (χ4v) is 2.42. The Balaban J connectivity index is 2.47. The molecule has 1 N–H and O–H groups in total. The summed E-state index contributed by atoms with van der Waals surface area (Å²) in [6.07, 6.45) is -4.04. The van der Waals surface area contributed by atoms with Gasteiger partial charge in [0.1, 0.15) is 0 Å². The van der Waals surface area contributed by atoms with E-state index < -0.39 is 21.8 Å². The third kappa shape index (κ3) is 5.89. The van der Waals surface area contributed by atoms with Crippen molar-refractivity contribution >= 4 is 10.0 Å². The lowest BCUT2D eigenvalue weighted by molar-refractivity contribution is -0.137. The molecule has 0 saturated carbocycles. The zero-order valence-electron chi connectivity index (χ0n) is 10.9. The van der Waals surface area contributed by atoms with Gasteiger partial charge < -0.3 is 4.74 Å². The second kappa shape index (κ2) is 7.05. The Labute approximate surface area is 116 Å². The van der Waals surface area contributed by atoms with Crippen molar-refractivity contribution in [1.82, 2.24) is 4.72 Å². The lowest BCUT2D eigenvalue weighted by Gasteiger charge is -2.08. The highest BCUT2D eigenvalue weighted by molar-refractivity contribution is 7.89. The number of sulfonamides is 1. The summed E-state index contributed by atoms with van der Waals surface area (Å²) in [5, 5.41) is 0. The molecule has 0 aliphatic rings. The summed E-state index contributed by atoms with van der Waals surface area (Å²) in [4.78, 5) is 0.